The molecule has 5 heteroatoms. The third-order valence-corrected chi connectivity index (χ3v) is 4.16. The lowest BCUT2D eigenvalue weighted by Crippen LogP contribution is -2.17. The van der Waals surface area contributed by atoms with Crippen molar-refractivity contribution < 1.29 is 9.21 Å². The molecular formula is C20H17ClN2O2. The van der Waals surface area contributed by atoms with Gasteiger partial charge in [0.1, 0.15) is 11.5 Å². The van der Waals surface area contributed by atoms with Gasteiger partial charge in [-0.3, -0.25) is 4.79 Å². The van der Waals surface area contributed by atoms with Crippen LogP contribution in [0.15, 0.2) is 64.1 Å². The highest BCUT2D eigenvalue weighted by Gasteiger charge is 2.06. The SMILES string of the molecule is Cc1ccc(C(=O)N/N=C\c2ccc(-c3ccc(C)c(Cl)c3)o2)cc1. The van der Waals surface area contributed by atoms with Gasteiger partial charge in [-0.2, -0.15) is 5.10 Å². The zero-order valence-corrected chi connectivity index (χ0v) is 14.7. The van der Waals surface area contributed by atoms with E-state index in [9.17, 15) is 4.79 Å². The van der Waals surface area contributed by atoms with Gasteiger partial charge in [-0.1, -0.05) is 41.4 Å². The predicted octanol–water partition coefficient (Wildman–Crippen LogP) is 4.98. The van der Waals surface area contributed by atoms with Gasteiger partial charge in [0.25, 0.3) is 5.91 Å². The maximum atomic E-state index is 12.0. The van der Waals surface area contributed by atoms with E-state index in [1.807, 2.05) is 50.2 Å². The second-order valence-electron chi connectivity index (χ2n) is 5.73. The highest BCUT2D eigenvalue weighted by molar-refractivity contribution is 6.31. The summed E-state index contributed by atoms with van der Waals surface area (Å²) >= 11 is 6.14. The number of aryl methyl sites for hydroxylation is 2. The summed E-state index contributed by atoms with van der Waals surface area (Å²) in [5, 5.41) is 4.62. The van der Waals surface area contributed by atoms with Crippen LogP contribution in [-0.2, 0) is 0 Å². The number of hydrogen-bond acceptors (Lipinski definition) is 3. The number of furan rings is 1. The van der Waals surface area contributed by atoms with Crippen LogP contribution in [0.25, 0.3) is 11.3 Å². The molecule has 3 aromatic rings. The topological polar surface area (TPSA) is 54.6 Å². The highest BCUT2D eigenvalue weighted by atomic mass is 35.5. The Hall–Kier alpha value is -2.85. The maximum absolute atomic E-state index is 12.0. The molecule has 0 unspecified atom stereocenters. The number of amides is 1. The Balaban J connectivity index is 1.66. The van der Waals surface area contributed by atoms with Gasteiger partial charge >= 0.3 is 0 Å². The van der Waals surface area contributed by atoms with Crippen molar-refractivity contribution in [2.45, 2.75) is 13.8 Å². The minimum Gasteiger partial charge on any atom is -0.455 e. The molecule has 0 saturated carbocycles. The minimum atomic E-state index is -0.270. The molecule has 1 heterocycles. The van der Waals surface area contributed by atoms with Gasteiger partial charge in [-0.25, -0.2) is 5.43 Å². The van der Waals surface area contributed by atoms with E-state index in [-0.39, 0.29) is 5.91 Å². The number of carbonyl (C=O) groups is 1. The summed E-state index contributed by atoms with van der Waals surface area (Å²) in [4.78, 5) is 12.0. The second-order valence-corrected chi connectivity index (χ2v) is 6.14. The van der Waals surface area contributed by atoms with Crippen LogP contribution in [0.5, 0.6) is 0 Å². The van der Waals surface area contributed by atoms with Gasteiger partial charge in [0.2, 0.25) is 0 Å². The van der Waals surface area contributed by atoms with Crippen molar-refractivity contribution in [1.29, 1.82) is 0 Å². The molecule has 0 aliphatic rings. The Morgan fingerprint density at radius 2 is 1.84 bits per heavy atom. The molecule has 0 atom stereocenters. The molecule has 1 N–H and O–H groups in total. The van der Waals surface area contributed by atoms with E-state index in [1.54, 1.807) is 18.2 Å². The van der Waals surface area contributed by atoms with Gasteiger partial charge in [0.15, 0.2) is 0 Å². The van der Waals surface area contributed by atoms with Crippen molar-refractivity contribution in [2.75, 3.05) is 0 Å². The first kappa shape index (κ1) is 17.0. The zero-order chi connectivity index (χ0) is 17.8. The second kappa shape index (κ2) is 7.36. The first-order valence-corrected chi connectivity index (χ1v) is 8.17. The zero-order valence-electron chi connectivity index (χ0n) is 13.9. The number of hydrogen-bond donors (Lipinski definition) is 1. The van der Waals surface area contributed by atoms with Crippen molar-refractivity contribution in [3.63, 3.8) is 0 Å². The standard InChI is InChI=1S/C20H17ClN2O2/c1-13-3-6-15(7-4-13)20(24)23-22-12-17-9-10-19(25-17)16-8-5-14(2)18(21)11-16/h3-12H,1-2H3,(H,23,24)/b22-12-. The van der Waals surface area contributed by atoms with E-state index in [1.165, 1.54) is 6.21 Å². The summed E-state index contributed by atoms with van der Waals surface area (Å²) in [6, 6.07) is 16.6. The van der Waals surface area contributed by atoms with Crippen molar-refractivity contribution >= 4 is 23.7 Å². The number of nitrogens with one attached hydrogen (secondary N) is 1. The molecule has 25 heavy (non-hydrogen) atoms. The normalized spacial score (nSPS) is 11.0. The van der Waals surface area contributed by atoms with Gasteiger partial charge in [-0.05, 0) is 49.7 Å². The van der Waals surface area contributed by atoms with Crippen LogP contribution in [0.3, 0.4) is 0 Å². The van der Waals surface area contributed by atoms with Crippen molar-refractivity contribution in [2.24, 2.45) is 5.10 Å². The van der Waals surface area contributed by atoms with E-state index in [4.69, 9.17) is 16.0 Å². The summed E-state index contributed by atoms with van der Waals surface area (Å²) in [6.45, 7) is 3.92. The molecule has 3 rings (SSSR count). The Morgan fingerprint density at radius 3 is 2.56 bits per heavy atom. The van der Waals surface area contributed by atoms with Crippen LogP contribution in [-0.4, -0.2) is 12.1 Å². The maximum Gasteiger partial charge on any atom is 0.271 e. The summed E-state index contributed by atoms with van der Waals surface area (Å²) in [5.41, 5.74) is 6.03. The van der Waals surface area contributed by atoms with Gasteiger partial charge in [0.05, 0.1) is 6.21 Å². The molecule has 4 nitrogen and oxygen atoms in total. The first-order chi connectivity index (χ1) is 12.0. The fourth-order valence-corrected chi connectivity index (χ4v) is 2.43. The molecule has 2 aromatic carbocycles. The van der Waals surface area contributed by atoms with E-state index in [2.05, 4.69) is 10.5 Å². The summed E-state index contributed by atoms with van der Waals surface area (Å²) in [6.07, 6.45) is 1.46. The molecule has 0 radical (unpaired) electrons. The van der Waals surface area contributed by atoms with Crippen LogP contribution in [0.2, 0.25) is 5.02 Å². The lowest BCUT2D eigenvalue weighted by Gasteiger charge is -2.01. The molecule has 1 aromatic heterocycles. The molecular weight excluding hydrogens is 336 g/mol. The Kier molecular flexibility index (Phi) is 5.00. The number of benzene rings is 2. The highest BCUT2D eigenvalue weighted by Crippen LogP contribution is 2.26. The summed E-state index contributed by atoms with van der Waals surface area (Å²) < 4.78 is 5.71. The largest absolute Gasteiger partial charge is 0.455 e. The van der Waals surface area contributed by atoms with Crippen molar-refractivity contribution in [3.05, 3.63) is 82.1 Å². The van der Waals surface area contributed by atoms with E-state index >= 15 is 0 Å². The average Bonchev–Trinajstić information content (AvgIpc) is 3.07. The van der Waals surface area contributed by atoms with Gasteiger partial charge < -0.3 is 4.42 Å². The number of nitrogens with zero attached hydrogens (tertiary/aromatic N) is 1. The number of rotatable bonds is 4. The summed E-state index contributed by atoms with van der Waals surface area (Å²) in [7, 11) is 0. The molecule has 0 aliphatic carbocycles. The van der Waals surface area contributed by atoms with Crippen molar-refractivity contribution in [3.8, 4) is 11.3 Å². The van der Waals surface area contributed by atoms with Crippen LogP contribution in [0, 0.1) is 13.8 Å². The quantitative estimate of drug-likeness (QED) is 0.531. The molecule has 0 spiro atoms. The van der Waals surface area contributed by atoms with E-state index < -0.39 is 0 Å². The molecule has 0 fully saturated rings. The van der Waals surface area contributed by atoms with Crippen LogP contribution < -0.4 is 5.43 Å². The van der Waals surface area contributed by atoms with Crippen LogP contribution in [0.4, 0.5) is 0 Å². The number of halogens is 1. The van der Waals surface area contributed by atoms with Gasteiger partial charge in [0, 0.05) is 16.1 Å². The summed E-state index contributed by atoms with van der Waals surface area (Å²) in [5.74, 6) is 0.956. The molecule has 0 bridgehead atoms. The Labute approximate surface area is 151 Å². The van der Waals surface area contributed by atoms with Gasteiger partial charge in [-0.15, -0.1) is 0 Å². The lowest BCUT2D eigenvalue weighted by atomic mass is 10.1. The Morgan fingerprint density at radius 1 is 1.08 bits per heavy atom. The van der Waals surface area contributed by atoms with Crippen LogP contribution >= 0.6 is 11.6 Å². The monoisotopic (exact) mass is 352 g/mol. The smallest absolute Gasteiger partial charge is 0.271 e. The minimum absolute atomic E-state index is 0.270. The molecule has 0 aliphatic heterocycles. The van der Waals surface area contributed by atoms with E-state index in [0.29, 0.717) is 22.1 Å². The third kappa shape index (κ3) is 4.17. The first-order valence-electron chi connectivity index (χ1n) is 7.79. The fourth-order valence-electron chi connectivity index (χ4n) is 2.25. The molecule has 0 saturated heterocycles. The average molecular weight is 353 g/mol. The van der Waals surface area contributed by atoms with E-state index in [0.717, 1.165) is 16.7 Å². The third-order valence-electron chi connectivity index (χ3n) is 3.75. The Bertz CT molecular complexity index is 927. The predicted molar refractivity (Wildman–Crippen MR) is 100 cm³/mol. The number of carbonyl (C=O) groups excluding carboxylic acids is 1. The van der Waals surface area contributed by atoms with Crippen molar-refractivity contribution in [1.82, 2.24) is 5.43 Å². The molecule has 1 amide bonds. The molecule has 126 valence electrons. The number of hydrazone groups is 1. The van der Waals surface area contributed by atoms with Crippen LogP contribution in [0.1, 0.15) is 27.2 Å². The lowest BCUT2D eigenvalue weighted by molar-refractivity contribution is 0.0955. The fraction of sp³-hybridized carbons (Fsp3) is 0.100.